The standard InChI is InChI=1S/C21H27NO4S/c1-6-25-21(24)19-15(4)16(5)27-20(19)22-18(23)11-8-12-26-17-10-7-9-13(2)14(17)3/h7,9-10H,6,8,11-12H2,1-5H3,(H,22,23). The molecule has 0 atom stereocenters. The van der Waals surface area contributed by atoms with Crippen molar-refractivity contribution in [3.05, 3.63) is 45.3 Å². The Labute approximate surface area is 164 Å². The molecular weight excluding hydrogens is 362 g/mol. The predicted molar refractivity (Wildman–Crippen MR) is 109 cm³/mol. The van der Waals surface area contributed by atoms with Crippen molar-refractivity contribution in [1.82, 2.24) is 0 Å². The van der Waals surface area contributed by atoms with Crippen LogP contribution in [0.2, 0.25) is 0 Å². The van der Waals surface area contributed by atoms with E-state index in [0.29, 0.717) is 36.6 Å². The molecule has 0 spiro atoms. The summed E-state index contributed by atoms with van der Waals surface area (Å²) in [5.74, 6) is 0.323. The summed E-state index contributed by atoms with van der Waals surface area (Å²) in [5, 5.41) is 3.41. The van der Waals surface area contributed by atoms with Crippen molar-refractivity contribution in [2.45, 2.75) is 47.5 Å². The minimum absolute atomic E-state index is 0.133. The average molecular weight is 390 g/mol. The summed E-state index contributed by atoms with van der Waals surface area (Å²) >= 11 is 1.40. The number of hydrogen-bond donors (Lipinski definition) is 1. The predicted octanol–water partition coefficient (Wildman–Crippen LogP) is 4.96. The first-order chi connectivity index (χ1) is 12.8. The lowest BCUT2D eigenvalue weighted by atomic mass is 10.1. The quantitative estimate of drug-likeness (QED) is 0.512. The Hall–Kier alpha value is -2.34. The Bertz CT molecular complexity index is 826. The van der Waals surface area contributed by atoms with E-state index in [1.807, 2.05) is 45.9 Å². The second kappa shape index (κ2) is 9.55. The van der Waals surface area contributed by atoms with Crippen LogP contribution >= 0.6 is 11.3 Å². The molecule has 2 aromatic rings. The number of rotatable bonds is 8. The van der Waals surface area contributed by atoms with Gasteiger partial charge in [0.25, 0.3) is 0 Å². The first kappa shape index (κ1) is 21.0. The topological polar surface area (TPSA) is 64.6 Å². The van der Waals surface area contributed by atoms with Gasteiger partial charge in [0.15, 0.2) is 0 Å². The van der Waals surface area contributed by atoms with Crippen molar-refractivity contribution in [1.29, 1.82) is 0 Å². The van der Waals surface area contributed by atoms with Gasteiger partial charge in [-0.15, -0.1) is 11.3 Å². The van der Waals surface area contributed by atoms with Crippen LogP contribution in [-0.4, -0.2) is 25.1 Å². The van der Waals surface area contributed by atoms with E-state index in [0.717, 1.165) is 21.8 Å². The smallest absolute Gasteiger partial charge is 0.341 e. The number of nitrogens with one attached hydrogen (secondary N) is 1. The minimum atomic E-state index is -0.395. The third kappa shape index (κ3) is 5.32. The fourth-order valence-electron chi connectivity index (χ4n) is 2.65. The zero-order chi connectivity index (χ0) is 20.0. The summed E-state index contributed by atoms with van der Waals surface area (Å²) in [6.45, 7) is 10.4. The van der Waals surface area contributed by atoms with Crippen LogP contribution < -0.4 is 10.1 Å². The maximum absolute atomic E-state index is 12.3. The number of esters is 1. The Balaban J connectivity index is 1.90. The number of carbonyl (C=O) groups excluding carboxylic acids is 2. The summed E-state index contributed by atoms with van der Waals surface area (Å²) in [7, 11) is 0. The van der Waals surface area contributed by atoms with Crippen LogP contribution in [0.3, 0.4) is 0 Å². The van der Waals surface area contributed by atoms with Crippen LogP contribution in [0.15, 0.2) is 18.2 Å². The van der Waals surface area contributed by atoms with Crippen molar-refractivity contribution in [2.75, 3.05) is 18.5 Å². The first-order valence-electron chi connectivity index (χ1n) is 9.11. The van der Waals surface area contributed by atoms with Crippen molar-refractivity contribution in [2.24, 2.45) is 0 Å². The molecule has 6 heteroatoms. The molecule has 0 saturated heterocycles. The number of ether oxygens (including phenoxy) is 2. The molecule has 1 amide bonds. The van der Waals surface area contributed by atoms with Crippen molar-refractivity contribution < 1.29 is 19.1 Å². The zero-order valence-corrected chi connectivity index (χ0v) is 17.4. The zero-order valence-electron chi connectivity index (χ0n) is 16.6. The highest BCUT2D eigenvalue weighted by Crippen LogP contribution is 2.33. The fourth-order valence-corrected chi connectivity index (χ4v) is 3.71. The molecule has 0 bridgehead atoms. The normalized spacial score (nSPS) is 10.6. The number of amides is 1. The van der Waals surface area contributed by atoms with E-state index in [4.69, 9.17) is 9.47 Å². The van der Waals surface area contributed by atoms with Crippen LogP contribution in [-0.2, 0) is 9.53 Å². The number of aryl methyl sites for hydroxylation is 2. The molecule has 1 aromatic heterocycles. The molecule has 0 radical (unpaired) electrons. The van der Waals surface area contributed by atoms with Gasteiger partial charge >= 0.3 is 5.97 Å². The van der Waals surface area contributed by atoms with Gasteiger partial charge < -0.3 is 14.8 Å². The first-order valence-corrected chi connectivity index (χ1v) is 9.92. The van der Waals surface area contributed by atoms with Gasteiger partial charge in [-0.1, -0.05) is 12.1 Å². The van der Waals surface area contributed by atoms with Crippen LogP contribution in [0.5, 0.6) is 5.75 Å². The summed E-state index contributed by atoms with van der Waals surface area (Å²) in [4.78, 5) is 25.4. The average Bonchev–Trinajstić information content (AvgIpc) is 2.89. The second-order valence-corrected chi connectivity index (χ2v) is 7.63. The lowest BCUT2D eigenvalue weighted by Crippen LogP contribution is -2.15. The molecule has 0 fully saturated rings. The van der Waals surface area contributed by atoms with Crippen molar-refractivity contribution in [3.63, 3.8) is 0 Å². The van der Waals surface area contributed by atoms with E-state index in [1.54, 1.807) is 6.92 Å². The van der Waals surface area contributed by atoms with Crippen molar-refractivity contribution >= 4 is 28.2 Å². The number of anilines is 1. The van der Waals surface area contributed by atoms with E-state index in [1.165, 1.54) is 16.9 Å². The second-order valence-electron chi connectivity index (χ2n) is 6.41. The SMILES string of the molecule is CCOC(=O)c1c(NC(=O)CCCOc2cccc(C)c2C)sc(C)c1C. The summed E-state index contributed by atoms with van der Waals surface area (Å²) in [6.07, 6.45) is 0.917. The Morgan fingerprint density at radius 1 is 1.11 bits per heavy atom. The molecular formula is C21H27NO4S. The molecule has 146 valence electrons. The Kier molecular flexibility index (Phi) is 7.42. The summed E-state index contributed by atoms with van der Waals surface area (Å²) < 4.78 is 10.9. The molecule has 0 unspecified atom stereocenters. The van der Waals surface area contributed by atoms with Gasteiger partial charge in [-0.05, 0) is 63.8 Å². The van der Waals surface area contributed by atoms with Gasteiger partial charge in [-0.2, -0.15) is 0 Å². The summed E-state index contributed by atoms with van der Waals surface area (Å²) in [6, 6.07) is 5.94. The van der Waals surface area contributed by atoms with Gasteiger partial charge in [0.05, 0.1) is 18.8 Å². The van der Waals surface area contributed by atoms with Crippen LogP contribution in [0.25, 0.3) is 0 Å². The van der Waals surface area contributed by atoms with Gasteiger partial charge in [0, 0.05) is 11.3 Å². The van der Waals surface area contributed by atoms with Gasteiger partial charge in [-0.3, -0.25) is 4.79 Å². The van der Waals surface area contributed by atoms with Gasteiger partial charge in [0.1, 0.15) is 10.8 Å². The fraction of sp³-hybridized carbons (Fsp3) is 0.429. The van der Waals surface area contributed by atoms with Crippen LogP contribution in [0, 0.1) is 27.7 Å². The molecule has 1 aromatic carbocycles. The Morgan fingerprint density at radius 3 is 2.56 bits per heavy atom. The molecule has 0 aliphatic carbocycles. The molecule has 0 aliphatic rings. The largest absolute Gasteiger partial charge is 0.493 e. The van der Waals surface area contributed by atoms with E-state index < -0.39 is 5.97 Å². The van der Waals surface area contributed by atoms with Crippen LogP contribution in [0.1, 0.15) is 51.7 Å². The highest BCUT2D eigenvalue weighted by Gasteiger charge is 2.21. The molecule has 2 rings (SSSR count). The van der Waals surface area contributed by atoms with Crippen molar-refractivity contribution in [3.8, 4) is 5.75 Å². The monoisotopic (exact) mass is 389 g/mol. The molecule has 1 heterocycles. The maximum Gasteiger partial charge on any atom is 0.341 e. The van der Waals surface area contributed by atoms with E-state index in [-0.39, 0.29) is 5.91 Å². The summed E-state index contributed by atoms with van der Waals surface area (Å²) in [5.41, 5.74) is 3.61. The number of carbonyl (C=O) groups is 2. The molecule has 5 nitrogen and oxygen atoms in total. The highest BCUT2D eigenvalue weighted by atomic mass is 32.1. The molecule has 1 N–H and O–H groups in total. The maximum atomic E-state index is 12.3. The lowest BCUT2D eigenvalue weighted by molar-refractivity contribution is -0.116. The minimum Gasteiger partial charge on any atom is -0.493 e. The van der Waals surface area contributed by atoms with E-state index in [9.17, 15) is 9.59 Å². The number of thiophene rings is 1. The highest BCUT2D eigenvalue weighted by molar-refractivity contribution is 7.16. The lowest BCUT2D eigenvalue weighted by Gasteiger charge is -2.11. The molecule has 27 heavy (non-hydrogen) atoms. The molecule has 0 saturated carbocycles. The van der Waals surface area contributed by atoms with E-state index >= 15 is 0 Å². The third-order valence-corrected chi connectivity index (χ3v) is 5.60. The van der Waals surface area contributed by atoms with Gasteiger partial charge in [-0.25, -0.2) is 4.79 Å². The van der Waals surface area contributed by atoms with Crippen LogP contribution in [0.4, 0.5) is 5.00 Å². The third-order valence-electron chi connectivity index (χ3n) is 4.48. The molecule has 0 aliphatic heterocycles. The van der Waals surface area contributed by atoms with E-state index in [2.05, 4.69) is 5.32 Å². The number of hydrogen-bond acceptors (Lipinski definition) is 5. The van der Waals surface area contributed by atoms with Gasteiger partial charge in [0.2, 0.25) is 5.91 Å². The Morgan fingerprint density at radius 2 is 1.85 bits per heavy atom. The number of benzene rings is 1.